The first-order valence-electron chi connectivity index (χ1n) is 12.2. The Morgan fingerprint density at radius 2 is 1.89 bits per heavy atom. The summed E-state index contributed by atoms with van der Waals surface area (Å²) in [5, 5.41) is 5.96. The zero-order chi connectivity index (χ0) is 26.5. The van der Waals surface area contributed by atoms with E-state index in [9.17, 15) is 9.59 Å². The lowest BCUT2D eigenvalue weighted by atomic mass is 10.1. The second-order valence-corrected chi connectivity index (χ2v) is 10.4. The number of ether oxygens (including phenoxy) is 2. The van der Waals surface area contributed by atoms with Crippen LogP contribution >= 0.6 is 24.0 Å². The summed E-state index contributed by atoms with van der Waals surface area (Å²) in [5.41, 5.74) is 5.89. The molecular formula is C27H27N5O4S2. The minimum absolute atomic E-state index is 0.259. The molecule has 2 aliphatic rings. The number of benzene rings is 2. The summed E-state index contributed by atoms with van der Waals surface area (Å²) in [6.07, 6.45) is 3.91. The maximum atomic E-state index is 13.2. The molecule has 0 bridgehead atoms. The molecule has 0 aliphatic carbocycles. The molecule has 11 heteroatoms. The Balaban J connectivity index is 1.36. The number of para-hydroxylation sites is 1. The molecule has 5 rings (SSSR count). The van der Waals surface area contributed by atoms with Crippen LogP contribution in [0.15, 0.2) is 65.7 Å². The summed E-state index contributed by atoms with van der Waals surface area (Å²) in [6, 6.07) is 17.3. The molecule has 3 aromatic rings. The smallest absolute Gasteiger partial charge is 0.285 e. The Morgan fingerprint density at radius 3 is 2.61 bits per heavy atom. The standard InChI is InChI=1S/C27H27N5O4S2/c1-35-22-9-7-19(8-10-22)25-20(18-31(29-25)21-5-3-2-4-6-21)17-23-26(34)32(27(37)38-23)28-24(33)11-12-30-13-15-36-16-14-30/h2-10,17-18H,11-16H2,1H3,(H,28,33). The van der Waals surface area contributed by atoms with E-state index in [1.165, 1.54) is 0 Å². The third-order valence-corrected chi connectivity index (χ3v) is 7.50. The summed E-state index contributed by atoms with van der Waals surface area (Å²) >= 11 is 6.58. The van der Waals surface area contributed by atoms with Crippen LogP contribution in [-0.2, 0) is 14.3 Å². The highest BCUT2D eigenvalue weighted by molar-refractivity contribution is 8.26. The monoisotopic (exact) mass is 549 g/mol. The molecule has 2 aromatic carbocycles. The highest BCUT2D eigenvalue weighted by atomic mass is 32.2. The van der Waals surface area contributed by atoms with E-state index in [2.05, 4.69) is 10.3 Å². The van der Waals surface area contributed by atoms with Gasteiger partial charge in [-0.05, 0) is 54.7 Å². The molecule has 0 atom stereocenters. The van der Waals surface area contributed by atoms with Crippen LogP contribution in [0.4, 0.5) is 0 Å². The van der Waals surface area contributed by atoms with Crippen molar-refractivity contribution in [3.05, 3.63) is 71.3 Å². The second-order valence-electron chi connectivity index (χ2n) is 8.70. The quantitative estimate of drug-likeness (QED) is 0.338. The van der Waals surface area contributed by atoms with Crippen LogP contribution in [0.5, 0.6) is 5.75 Å². The maximum Gasteiger partial charge on any atom is 0.285 e. The summed E-state index contributed by atoms with van der Waals surface area (Å²) in [5.74, 6) is 0.112. The first-order chi connectivity index (χ1) is 18.5. The van der Waals surface area contributed by atoms with Crippen molar-refractivity contribution in [1.29, 1.82) is 0 Å². The van der Waals surface area contributed by atoms with Crippen molar-refractivity contribution in [2.75, 3.05) is 40.0 Å². The number of nitrogens with one attached hydrogen (secondary N) is 1. The number of carbonyl (C=O) groups excluding carboxylic acids is 2. The van der Waals surface area contributed by atoms with Crippen molar-refractivity contribution in [1.82, 2.24) is 25.1 Å². The van der Waals surface area contributed by atoms with Crippen LogP contribution in [-0.4, -0.2) is 75.8 Å². The number of carbonyl (C=O) groups is 2. The summed E-state index contributed by atoms with van der Waals surface area (Å²) in [6.45, 7) is 3.53. The fourth-order valence-corrected chi connectivity index (χ4v) is 5.32. The second kappa shape index (κ2) is 11.9. The SMILES string of the molecule is COc1ccc(-c2nn(-c3ccccc3)cc2C=C2SC(=S)N(NC(=O)CCN3CCOCC3)C2=O)cc1. The van der Waals surface area contributed by atoms with Crippen LogP contribution in [0, 0.1) is 0 Å². The van der Waals surface area contributed by atoms with Gasteiger partial charge in [0.1, 0.15) is 5.75 Å². The average molecular weight is 550 g/mol. The molecule has 38 heavy (non-hydrogen) atoms. The van der Waals surface area contributed by atoms with Crippen molar-refractivity contribution in [2.24, 2.45) is 0 Å². The molecule has 3 heterocycles. The molecule has 9 nitrogen and oxygen atoms in total. The summed E-state index contributed by atoms with van der Waals surface area (Å²) < 4.78 is 12.7. The Hall–Kier alpha value is -3.51. The van der Waals surface area contributed by atoms with E-state index in [1.807, 2.05) is 60.8 Å². The topological polar surface area (TPSA) is 88.9 Å². The van der Waals surface area contributed by atoms with Gasteiger partial charge in [-0.2, -0.15) is 10.1 Å². The van der Waals surface area contributed by atoms with Crippen molar-refractivity contribution >= 4 is 46.2 Å². The van der Waals surface area contributed by atoms with Crippen LogP contribution in [0.3, 0.4) is 0 Å². The number of aromatic nitrogens is 2. The lowest BCUT2D eigenvalue weighted by molar-refractivity contribution is -0.133. The molecule has 2 amide bonds. The van der Waals surface area contributed by atoms with Crippen LogP contribution < -0.4 is 10.2 Å². The molecule has 0 unspecified atom stereocenters. The average Bonchev–Trinajstić information content (AvgIpc) is 3.49. The summed E-state index contributed by atoms with van der Waals surface area (Å²) in [7, 11) is 1.62. The minimum atomic E-state index is -0.368. The molecule has 2 saturated heterocycles. The third-order valence-electron chi connectivity index (χ3n) is 6.20. The molecule has 2 fully saturated rings. The minimum Gasteiger partial charge on any atom is -0.497 e. The third kappa shape index (κ3) is 5.97. The van der Waals surface area contributed by atoms with Gasteiger partial charge in [0.15, 0.2) is 4.32 Å². The highest BCUT2D eigenvalue weighted by Crippen LogP contribution is 2.34. The molecule has 0 spiro atoms. The largest absolute Gasteiger partial charge is 0.497 e. The van der Waals surface area contributed by atoms with Gasteiger partial charge in [0.2, 0.25) is 5.91 Å². The predicted octanol–water partition coefficient (Wildman–Crippen LogP) is 3.50. The van der Waals surface area contributed by atoms with Gasteiger partial charge in [0.25, 0.3) is 5.91 Å². The molecule has 1 aromatic heterocycles. The van der Waals surface area contributed by atoms with E-state index >= 15 is 0 Å². The van der Waals surface area contributed by atoms with Crippen molar-refractivity contribution in [3.63, 3.8) is 0 Å². The number of hydrogen-bond acceptors (Lipinski definition) is 8. The number of hydrazine groups is 1. The lowest BCUT2D eigenvalue weighted by Gasteiger charge is -2.26. The first kappa shape index (κ1) is 26.1. The van der Waals surface area contributed by atoms with E-state index in [0.717, 1.165) is 52.4 Å². The van der Waals surface area contributed by atoms with Gasteiger partial charge in [0, 0.05) is 43.4 Å². The number of hydrogen-bond donors (Lipinski definition) is 1. The Labute approximate surface area is 230 Å². The van der Waals surface area contributed by atoms with E-state index in [-0.39, 0.29) is 22.6 Å². The van der Waals surface area contributed by atoms with Gasteiger partial charge in [0.05, 0.1) is 36.6 Å². The van der Waals surface area contributed by atoms with Crippen LogP contribution in [0.1, 0.15) is 12.0 Å². The normalized spacial score (nSPS) is 17.3. The fourth-order valence-electron chi connectivity index (χ4n) is 4.15. The van der Waals surface area contributed by atoms with E-state index in [1.54, 1.807) is 17.9 Å². The maximum absolute atomic E-state index is 13.2. The number of rotatable bonds is 8. The Morgan fingerprint density at radius 1 is 1.16 bits per heavy atom. The molecule has 196 valence electrons. The van der Waals surface area contributed by atoms with Gasteiger partial charge in [-0.25, -0.2) is 4.68 Å². The molecular weight excluding hydrogens is 522 g/mol. The number of thiocarbonyl (C=S) groups is 1. The zero-order valence-corrected chi connectivity index (χ0v) is 22.5. The van der Waals surface area contributed by atoms with Gasteiger partial charge in [-0.3, -0.25) is 19.9 Å². The van der Waals surface area contributed by atoms with Crippen molar-refractivity contribution in [3.8, 4) is 22.7 Å². The van der Waals surface area contributed by atoms with Gasteiger partial charge in [-0.15, -0.1) is 0 Å². The first-order valence-corrected chi connectivity index (χ1v) is 13.4. The zero-order valence-electron chi connectivity index (χ0n) is 20.8. The van der Waals surface area contributed by atoms with Gasteiger partial charge >= 0.3 is 0 Å². The molecule has 1 N–H and O–H groups in total. The number of amides is 2. The molecule has 0 radical (unpaired) electrons. The number of methoxy groups -OCH3 is 1. The van der Waals surface area contributed by atoms with Crippen molar-refractivity contribution in [2.45, 2.75) is 6.42 Å². The van der Waals surface area contributed by atoms with Gasteiger partial charge < -0.3 is 9.47 Å². The van der Waals surface area contributed by atoms with Crippen molar-refractivity contribution < 1.29 is 19.1 Å². The van der Waals surface area contributed by atoms with E-state index in [0.29, 0.717) is 30.4 Å². The Kier molecular flexibility index (Phi) is 8.18. The van der Waals surface area contributed by atoms with Crippen LogP contribution in [0.25, 0.3) is 23.0 Å². The fraction of sp³-hybridized carbons (Fsp3) is 0.259. The number of nitrogens with zero attached hydrogens (tertiary/aromatic N) is 4. The highest BCUT2D eigenvalue weighted by Gasteiger charge is 2.34. The number of thioether (sulfide) groups is 1. The molecule has 2 aliphatic heterocycles. The van der Waals surface area contributed by atoms with E-state index in [4.69, 9.17) is 26.8 Å². The lowest BCUT2D eigenvalue weighted by Crippen LogP contribution is -2.46. The number of morpholine rings is 1. The van der Waals surface area contributed by atoms with Gasteiger partial charge in [-0.1, -0.05) is 30.0 Å². The molecule has 0 saturated carbocycles. The van der Waals surface area contributed by atoms with Crippen LogP contribution in [0.2, 0.25) is 0 Å². The Bertz CT molecular complexity index is 1350. The summed E-state index contributed by atoms with van der Waals surface area (Å²) in [4.78, 5) is 28.4. The van der Waals surface area contributed by atoms with E-state index < -0.39 is 0 Å². The predicted molar refractivity (Wildman–Crippen MR) is 151 cm³/mol.